The Hall–Kier alpha value is -3.03. The molecule has 0 amide bonds. The van der Waals surface area contributed by atoms with Crippen LogP contribution in [-0.2, 0) is 28.2 Å². The first-order chi connectivity index (χ1) is 24.8. The zero-order chi connectivity index (χ0) is 37.5. The van der Waals surface area contributed by atoms with Gasteiger partial charge in [-0.3, -0.25) is 14.1 Å². The van der Waals surface area contributed by atoms with Crippen LogP contribution in [0.2, 0.25) is 0 Å². The molecule has 8 nitrogen and oxygen atoms in total. The Labute approximate surface area is 309 Å². The molecular formula is C42H67O8P. The van der Waals surface area contributed by atoms with Gasteiger partial charge in [0, 0.05) is 12.8 Å². The van der Waals surface area contributed by atoms with Gasteiger partial charge in [-0.15, -0.1) is 0 Å². The van der Waals surface area contributed by atoms with Gasteiger partial charge in [0.05, 0.1) is 6.61 Å². The molecule has 0 unspecified atom stereocenters. The van der Waals surface area contributed by atoms with Crippen molar-refractivity contribution in [2.45, 2.75) is 142 Å². The maximum Gasteiger partial charge on any atom is 0.469 e. The summed E-state index contributed by atoms with van der Waals surface area (Å²) < 4.78 is 26.2. The topological polar surface area (TPSA) is 119 Å². The molecule has 0 aliphatic carbocycles. The third-order valence-corrected chi connectivity index (χ3v) is 7.84. The lowest BCUT2D eigenvalue weighted by Gasteiger charge is -2.18. The Kier molecular flexibility index (Phi) is 34.6. The van der Waals surface area contributed by atoms with Crippen molar-refractivity contribution in [2.75, 3.05) is 13.2 Å². The monoisotopic (exact) mass is 730 g/mol. The minimum absolute atomic E-state index is 0.133. The van der Waals surface area contributed by atoms with Gasteiger partial charge in [-0.1, -0.05) is 143 Å². The fourth-order valence-electron chi connectivity index (χ4n) is 4.53. The smallest absolute Gasteiger partial charge is 0.462 e. The van der Waals surface area contributed by atoms with Gasteiger partial charge in [-0.2, -0.15) is 0 Å². The largest absolute Gasteiger partial charge is 0.469 e. The molecule has 51 heavy (non-hydrogen) atoms. The van der Waals surface area contributed by atoms with Crippen molar-refractivity contribution in [3.8, 4) is 0 Å². The summed E-state index contributed by atoms with van der Waals surface area (Å²) in [5, 5.41) is 0. The van der Waals surface area contributed by atoms with E-state index in [4.69, 9.17) is 19.3 Å². The number of allylic oxidation sites excluding steroid dienone is 16. The molecule has 0 aromatic rings. The molecule has 9 heteroatoms. The van der Waals surface area contributed by atoms with E-state index in [0.717, 1.165) is 83.5 Å². The summed E-state index contributed by atoms with van der Waals surface area (Å²) in [6.45, 7) is 3.42. The molecule has 0 saturated carbocycles. The minimum Gasteiger partial charge on any atom is -0.462 e. The number of carbonyl (C=O) groups is 2. The summed E-state index contributed by atoms with van der Waals surface area (Å²) >= 11 is 0. The summed E-state index contributed by atoms with van der Waals surface area (Å²) in [5.74, 6) is -1.01. The first-order valence-corrected chi connectivity index (χ1v) is 20.6. The van der Waals surface area contributed by atoms with Gasteiger partial charge in [0.15, 0.2) is 6.10 Å². The number of hydrogen-bond donors (Lipinski definition) is 2. The second-order valence-electron chi connectivity index (χ2n) is 12.2. The third-order valence-electron chi connectivity index (χ3n) is 7.35. The summed E-state index contributed by atoms with van der Waals surface area (Å²) in [5.41, 5.74) is 0. The fourth-order valence-corrected chi connectivity index (χ4v) is 4.89. The van der Waals surface area contributed by atoms with Gasteiger partial charge >= 0.3 is 19.8 Å². The number of esters is 2. The van der Waals surface area contributed by atoms with Crippen molar-refractivity contribution in [3.05, 3.63) is 97.2 Å². The van der Waals surface area contributed by atoms with Crippen molar-refractivity contribution in [2.24, 2.45) is 0 Å². The molecule has 0 aliphatic heterocycles. The zero-order valence-corrected chi connectivity index (χ0v) is 32.3. The van der Waals surface area contributed by atoms with Crippen molar-refractivity contribution in [1.82, 2.24) is 0 Å². The van der Waals surface area contributed by atoms with Crippen LogP contribution in [0.3, 0.4) is 0 Å². The molecule has 0 saturated heterocycles. The summed E-state index contributed by atoms with van der Waals surface area (Å²) in [7, 11) is -4.78. The maximum atomic E-state index is 12.4. The van der Waals surface area contributed by atoms with Crippen LogP contribution in [-0.4, -0.2) is 41.0 Å². The lowest BCUT2D eigenvalue weighted by molar-refractivity contribution is -0.161. The van der Waals surface area contributed by atoms with Crippen LogP contribution in [0.25, 0.3) is 0 Å². The Balaban J connectivity index is 4.15. The van der Waals surface area contributed by atoms with E-state index in [0.29, 0.717) is 12.8 Å². The maximum absolute atomic E-state index is 12.4. The van der Waals surface area contributed by atoms with Crippen LogP contribution in [0.15, 0.2) is 97.2 Å². The molecule has 0 bridgehead atoms. The molecule has 0 radical (unpaired) electrons. The van der Waals surface area contributed by atoms with Crippen LogP contribution in [0.1, 0.15) is 136 Å². The first-order valence-electron chi connectivity index (χ1n) is 19.0. The number of ether oxygens (including phenoxy) is 2. The molecule has 0 heterocycles. The molecule has 0 aliphatic rings. The second-order valence-corrected chi connectivity index (χ2v) is 13.4. The van der Waals surface area contributed by atoms with Gasteiger partial charge in [-0.05, 0) is 77.0 Å². The van der Waals surface area contributed by atoms with Gasteiger partial charge in [0.2, 0.25) is 0 Å². The first kappa shape index (κ1) is 48.0. The van der Waals surface area contributed by atoms with E-state index in [1.54, 1.807) is 0 Å². The van der Waals surface area contributed by atoms with Crippen LogP contribution in [0, 0.1) is 0 Å². The normalized spacial score (nSPS) is 13.6. The standard InChI is InChI=1S/C42H67O8P/c1-3-5-7-9-11-13-15-17-19-20-21-22-23-25-26-28-30-32-34-36-41(43)48-38-40(39-49-51(45,46)47)50-42(44)37-35-33-31-29-27-24-18-16-14-12-10-8-6-4-2/h5,7,10-13,16-19,21-22,25-26,30,32,40H,3-4,6,8-9,14-15,20,23-24,27-29,31,33-39H2,1-2H3,(H2,45,46,47)/b7-5+,12-10+,13-11+,18-16+,19-17+,22-21+,26-25+,32-30+/t40-/m1/s1. The molecular weight excluding hydrogens is 663 g/mol. The van der Waals surface area contributed by atoms with E-state index in [1.165, 1.54) is 12.8 Å². The molecule has 0 aromatic heterocycles. The molecule has 0 spiro atoms. The Morgan fingerprint density at radius 1 is 0.529 bits per heavy atom. The highest BCUT2D eigenvalue weighted by atomic mass is 31.2. The predicted molar refractivity (Wildman–Crippen MR) is 211 cm³/mol. The molecule has 0 fully saturated rings. The Morgan fingerprint density at radius 3 is 1.49 bits per heavy atom. The summed E-state index contributed by atoms with van der Waals surface area (Å²) in [6, 6.07) is 0. The Morgan fingerprint density at radius 2 is 0.980 bits per heavy atom. The third kappa shape index (κ3) is 39.6. The lowest BCUT2D eigenvalue weighted by Crippen LogP contribution is -2.29. The van der Waals surface area contributed by atoms with E-state index >= 15 is 0 Å². The number of phosphoric acid groups is 1. The van der Waals surface area contributed by atoms with E-state index in [1.807, 2.05) is 12.2 Å². The molecule has 0 rings (SSSR count). The van der Waals surface area contributed by atoms with E-state index < -0.39 is 32.5 Å². The quantitative estimate of drug-likeness (QED) is 0.0296. The van der Waals surface area contributed by atoms with Gasteiger partial charge < -0.3 is 19.3 Å². The van der Waals surface area contributed by atoms with Crippen molar-refractivity contribution < 1.29 is 37.9 Å². The van der Waals surface area contributed by atoms with Crippen LogP contribution >= 0.6 is 7.82 Å². The summed E-state index contributed by atoms with van der Waals surface area (Å²) in [4.78, 5) is 42.7. The minimum atomic E-state index is -4.78. The number of unbranched alkanes of at least 4 members (excludes halogenated alkanes) is 7. The van der Waals surface area contributed by atoms with Gasteiger partial charge in [0.25, 0.3) is 0 Å². The average Bonchev–Trinajstić information content (AvgIpc) is 3.10. The molecule has 1 atom stereocenters. The summed E-state index contributed by atoms with van der Waals surface area (Å²) in [6.07, 6.45) is 49.9. The number of hydrogen-bond acceptors (Lipinski definition) is 6. The average molecular weight is 731 g/mol. The van der Waals surface area contributed by atoms with Crippen LogP contribution in [0.5, 0.6) is 0 Å². The Bertz CT molecular complexity index is 1140. The predicted octanol–water partition coefficient (Wildman–Crippen LogP) is 11.5. The number of phosphoric ester groups is 1. The van der Waals surface area contributed by atoms with E-state index in [-0.39, 0.29) is 19.4 Å². The highest BCUT2D eigenvalue weighted by Gasteiger charge is 2.22. The van der Waals surface area contributed by atoms with E-state index in [9.17, 15) is 14.2 Å². The highest BCUT2D eigenvalue weighted by Crippen LogP contribution is 2.35. The van der Waals surface area contributed by atoms with Crippen molar-refractivity contribution >= 4 is 19.8 Å². The highest BCUT2D eigenvalue weighted by molar-refractivity contribution is 7.46. The van der Waals surface area contributed by atoms with E-state index in [2.05, 4.69) is 103 Å². The molecule has 2 N–H and O–H groups in total. The van der Waals surface area contributed by atoms with Crippen molar-refractivity contribution in [1.29, 1.82) is 0 Å². The van der Waals surface area contributed by atoms with Gasteiger partial charge in [-0.25, -0.2) is 4.57 Å². The molecule has 288 valence electrons. The number of carbonyl (C=O) groups excluding carboxylic acids is 2. The molecule has 0 aromatic carbocycles. The SMILES string of the molecule is CC/C=C/C/C=C/C/C=C/C/C=C/C/C=C/C/C=C/CCC(=O)OC[C@H](COP(=O)(O)O)OC(=O)CCCCCCC/C=C/C/C=C/CCCC. The van der Waals surface area contributed by atoms with Crippen molar-refractivity contribution in [3.63, 3.8) is 0 Å². The van der Waals surface area contributed by atoms with Crippen LogP contribution < -0.4 is 0 Å². The second kappa shape index (κ2) is 36.8. The van der Waals surface area contributed by atoms with Gasteiger partial charge in [0.1, 0.15) is 6.61 Å². The lowest BCUT2D eigenvalue weighted by atomic mass is 10.1. The van der Waals surface area contributed by atoms with Crippen LogP contribution in [0.4, 0.5) is 0 Å². The zero-order valence-electron chi connectivity index (χ0n) is 31.5. The fraction of sp³-hybridized carbons (Fsp3) is 0.571. The number of rotatable bonds is 33.